The maximum Gasteiger partial charge on any atom is 0.254 e. The Morgan fingerprint density at radius 3 is 2.62 bits per heavy atom. The number of carbonyl (C=O) groups excluding carboxylic acids is 2. The third-order valence-electron chi connectivity index (χ3n) is 7.64. The molecule has 0 bridgehead atoms. The van der Waals surface area contributed by atoms with Gasteiger partial charge in [0, 0.05) is 55.5 Å². The summed E-state index contributed by atoms with van der Waals surface area (Å²) in [5.41, 5.74) is 3.30. The van der Waals surface area contributed by atoms with Gasteiger partial charge in [-0.05, 0) is 37.6 Å². The summed E-state index contributed by atoms with van der Waals surface area (Å²) in [6.07, 6.45) is 1.12. The molecule has 206 valence electrons. The minimum absolute atomic E-state index is 0.160. The molecule has 0 spiro atoms. The predicted octanol–water partition coefficient (Wildman–Crippen LogP) is 3.54. The van der Waals surface area contributed by atoms with Crippen molar-refractivity contribution in [2.45, 2.75) is 51.2 Å². The van der Waals surface area contributed by atoms with Crippen LogP contribution in [0.3, 0.4) is 0 Å². The molecular formula is C27H30Cl2N6O4. The lowest BCUT2D eigenvalue weighted by molar-refractivity contribution is -0.129. The predicted molar refractivity (Wildman–Crippen MR) is 146 cm³/mol. The van der Waals surface area contributed by atoms with Gasteiger partial charge in [0.1, 0.15) is 6.04 Å². The molecule has 39 heavy (non-hydrogen) atoms. The standard InChI is InChI=1S/C27H30Cl2N6O4/c1-14-9-21-18(12-33(14)26(37)16-5-7-19(28)20(29)10-16)24-27(38)34(13-22(25(36)30-3)35(24)32-21)15(2)17-6-8-23(39-4)31-11-17/h5-8,10-11,14-15,22,27,38H,9,12-13H2,1-4H3,(H,30,36)/t14-,15?,22+,27?/m1/s1. The normalized spacial score (nSPS) is 21.6. The second-order valence-electron chi connectivity index (χ2n) is 9.88. The summed E-state index contributed by atoms with van der Waals surface area (Å²) >= 11 is 12.2. The van der Waals surface area contributed by atoms with E-state index in [1.165, 1.54) is 0 Å². The van der Waals surface area contributed by atoms with Crippen molar-refractivity contribution < 1.29 is 19.4 Å². The van der Waals surface area contributed by atoms with Crippen molar-refractivity contribution in [1.82, 2.24) is 29.9 Å². The number of aliphatic hydroxyl groups excluding tert-OH is 1. The second-order valence-corrected chi connectivity index (χ2v) is 10.7. The minimum Gasteiger partial charge on any atom is -0.481 e. The fourth-order valence-electron chi connectivity index (χ4n) is 5.38. The zero-order chi connectivity index (χ0) is 28.0. The Bertz CT molecular complexity index is 1410. The van der Waals surface area contributed by atoms with Crippen molar-refractivity contribution in [2.75, 3.05) is 20.7 Å². The number of methoxy groups -OCH3 is 1. The molecule has 2 aromatic heterocycles. The van der Waals surface area contributed by atoms with Crippen molar-refractivity contribution in [3.63, 3.8) is 0 Å². The molecule has 4 atom stereocenters. The van der Waals surface area contributed by atoms with Gasteiger partial charge in [-0.2, -0.15) is 5.10 Å². The number of carbonyl (C=O) groups is 2. The number of likely N-dealkylation sites (N-methyl/N-ethyl adjacent to an activating group) is 1. The summed E-state index contributed by atoms with van der Waals surface area (Å²) < 4.78 is 6.80. The van der Waals surface area contributed by atoms with E-state index in [1.54, 1.807) is 54.2 Å². The van der Waals surface area contributed by atoms with Gasteiger partial charge in [-0.15, -0.1) is 0 Å². The first-order chi connectivity index (χ1) is 18.6. The molecule has 0 saturated heterocycles. The summed E-state index contributed by atoms with van der Waals surface area (Å²) in [5, 5.41) is 19.9. The van der Waals surface area contributed by atoms with Gasteiger partial charge < -0.3 is 20.1 Å². The molecule has 5 rings (SSSR count). The molecule has 0 saturated carbocycles. The summed E-state index contributed by atoms with van der Waals surface area (Å²) in [7, 11) is 3.13. The van der Waals surface area contributed by atoms with Crippen LogP contribution in [0.15, 0.2) is 36.5 Å². The number of ether oxygens (including phenoxy) is 1. The van der Waals surface area contributed by atoms with E-state index >= 15 is 0 Å². The van der Waals surface area contributed by atoms with E-state index in [4.69, 9.17) is 33.0 Å². The number of nitrogens with one attached hydrogen (secondary N) is 1. The van der Waals surface area contributed by atoms with Crippen LogP contribution in [0.4, 0.5) is 0 Å². The van der Waals surface area contributed by atoms with Gasteiger partial charge in [-0.25, -0.2) is 4.98 Å². The number of pyridine rings is 1. The molecule has 1 aromatic carbocycles. The summed E-state index contributed by atoms with van der Waals surface area (Å²) in [5.74, 6) is 0.0700. The topological polar surface area (TPSA) is 113 Å². The minimum atomic E-state index is -1.06. The number of hydrogen-bond acceptors (Lipinski definition) is 7. The van der Waals surface area contributed by atoms with Crippen molar-refractivity contribution in [3.05, 3.63) is 74.7 Å². The molecule has 2 unspecified atom stereocenters. The Morgan fingerprint density at radius 2 is 1.97 bits per heavy atom. The average molecular weight is 573 g/mol. The molecule has 0 radical (unpaired) electrons. The number of aliphatic hydroxyl groups is 1. The van der Waals surface area contributed by atoms with Crippen molar-refractivity contribution in [1.29, 1.82) is 0 Å². The van der Waals surface area contributed by atoms with Gasteiger partial charge in [0.2, 0.25) is 11.8 Å². The number of nitrogens with zero attached hydrogens (tertiary/aromatic N) is 5. The van der Waals surface area contributed by atoms with Crippen LogP contribution in [0, 0.1) is 0 Å². The highest BCUT2D eigenvalue weighted by Gasteiger charge is 2.43. The number of halogens is 2. The molecule has 2 aliphatic heterocycles. The monoisotopic (exact) mass is 572 g/mol. The fraction of sp³-hybridized carbons (Fsp3) is 0.407. The molecule has 10 nitrogen and oxygen atoms in total. The van der Waals surface area contributed by atoms with Crippen molar-refractivity contribution in [2.24, 2.45) is 0 Å². The SMILES string of the molecule is CNC(=O)[C@@H]1CN(C(C)c2ccc(OC)nc2)C(O)c2c3c(nn21)C[C@@H](C)N(C(=O)c1ccc(Cl)c(Cl)c1)C3. The lowest BCUT2D eigenvalue weighted by Gasteiger charge is -2.41. The van der Waals surface area contributed by atoms with Crippen molar-refractivity contribution >= 4 is 35.0 Å². The van der Waals surface area contributed by atoms with Gasteiger partial charge in [-0.3, -0.25) is 19.2 Å². The van der Waals surface area contributed by atoms with Gasteiger partial charge >= 0.3 is 0 Å². The van der Waals surface area contributed by atoms with Crippen LogP contribution in [0.2, 0.25) is 10.0 Å². The maximum absolute atomic E-state index is 13.5. The number of rotatable bonds is 5. The number of amides is 2. The largest absolute Gasteiger partial charge is 0.481 e. The van der Waals surface area contributed by atoms with Crippen LogP contribution in [0.25, 0.3) is 0 Å². The van der Waals surface area contributed by atoms with Gasteiger partial charge in [0.05, 0.1) is 35.1 Å². The highest BCUT2D eigenvalue weighted by atomic mass is 35.5. The molecular weight excluding hydrogens is 543 g/mol. The quantitative estimate of drug-likeness (QED) is 0.480. The van der Waals surface area contributed by atoms with Gasteiger partial charge in [0.25, 0.3) is 5.91 Å². The highest BCUT2D eigenvalue weighted by molar-refractivity contribution is 6.42. The lowest BCUT2D eigenvalue weighted by atomic mass is 9.96. The van der Waals surface area contributed by atoms with Crippen LogP contribution in [0.5, 0.6) is 5.88 Å². The Labute approximate surface area is 236 Å². The molecule has 2 amide bonds. The Kier molecular flexibility index (Phi) is 7.56. The average Bonchev–Trinajstić information content (AvgIpc) is 3.31. The Balaban J connectivity index is 1.52. The number of aromatic nitrogens is 3. The first-order valence-corrected chi connectivity index (χ1v) is 13.4. The highest BCUT2D eigenvalue weighted by Crippen LogP contribution is 2.40. The number of benzene rings is 1. The lowest BCUT2D eigenvalue weighted by Crippen LogP contribution is -2.48. The fourth-order valence-corrected chi connectivity index (χ4v) is 5.68. The van der Waals surface area contributed by atoms with Crippen LogP contribution >= 0.6 is 23.2 Å². The zero-order valence-corrected chi connectivity index (χ0v) is 23.6. The first kappa shape index (κ1) is 27.4. The van der Waals surface area contributed by atoms with Crippen LogP contribution in [-0.4, -0.2) is 68.2 Å². The van der Waals surface area contributed by atoms with E-state index in [1.807, 2.05) is 24.8 Å². The summed E-state index contributed by atoms with van der Waals surface area (Å²) in [6, 6.07) is 7.36. The molecule has 3 aromatic rings. The number of hydrogen-bond donors (Lipinski definition) is 2. The van der Waals surface area contributed by atoms with E-state index in [9.17, 15) is 14.7 Å². The number of fused-ring (bicyclic) bond motifs is 3. The first-order valence-electron chi connectivity index (χ1n) is 12.7. The molecule has 0 aliphatic carbocycles. The van der Waals surface area contributed by atoms with E-state index in [2.05, 4.69) is 10.3 Å². The van der Waals surface area contributed by atoms with Crippen LogP contribution in [-0.2, 0) is 17.8 Å². The van der Waals surface area contributed by atoms with Gasteiger partial charge in [0.15, 0.2) is 6.23 Å². The van der Waals surface area contributed by atoms with Crippen LogP contribution in [0.1, 0.15) is 65.0 Å². The van der Waals surface area contributed by atoms with E-state index in [0.717, 1.165) is 16.8 Å². The third-order valence-corrected chi connectivity index (χ3v) is 8.38. The van der Waals surface area contributed by atoms with Crippen molar-refractivity contribution in [3.8, 4) is 5.88 Å². The van der Waals surface area contributed by atoms with Gasteiger partial charge in [-0.1, -0.05) is 29.3 Å². The molecule has 2 aliphatic rings. The van der Waals surface area contributed by atoms with E-state index in [0.29, 0.717) is 33.6 Å². The van der Waals surface area contributed by atoms with Crippen LogP contribution < -0.4 is 10.1 Å². The summed E-state index contributed by atoms with van der Waals surface area (Å²) in [6.45, 7) is 4.38. The van der Waals surface area contributed by atoms with E-state index < -0.39 is 12.3 Å². The smallest absolute Gasteiger partial charge is 0.254 e. The molecule has 12 heteroatoms. The second kappa shape index (κ2) is 10.8. The molecule has 0 fully saturated rings. The maximum atomic E-state index is 13.5. The summed E-state index contributed by atoms with van der Waals surface area (Å²) in [4.78, 5) is 34.4. The Hall–Kier alpha value is -3.18. The zero-order valence-electron chi connectivity index (χ0n) is 22.1. The van der Waals surface area contributed by atoms with E-state index in [-0.39, 0.29) is 37.0 Å². The Morgan fingerprint density at radius 1 is 1.21 bits per heavy atom. The third kappa shape index (κ3) is 4.86. The molecule has 4 heterocycles. The molecule has 2 N–H and O–H groups in total.